The fourth-order valence-electron chi connectivity index (χ4n) is 2.28. The van der Waals surface area contributed by atoms with E-state index in [-0.39, 0.29) is 23.0 Å². The van der Waals surface area contributed by atoms with E-state index in [1.807, 2.05) is 0 Å². The molecule has 0 N–H and O–H groups in total. The van der Waals surface area contributed by atoms with Gasteiger partial charge in [-0.15, -0.1) is 0 Å². The Balaban J connectivity index is 2.68. The van der Waals surface area contributed by atoms with Crippen LogP contribution in [0.1, 0.15) is 57.7 Å². The minimum Gasteiger partial charge on any atom is -0.295 e. The van der Waals surface area contributed by atoms with Gasteiger partial charge >= 0.3 is 0 Å². The summed E-state index contributed by atoms with van der Waals surface area (Å²) in [5, 5.41) is 4.24. The van der Waals surface area contributed by atoms with E-state index in [4.69, 9.17) is 0 Å². The number of hydrogen-bond acceptors (Lipinski definition) is 4. The number of hydrogen-bond donors (Lipinski definition) is 0. The Hall–Kier alpha value is -2.56. The molecule has 0 amide bonds. The highest BCUT2D eigenvalue weighted by Crippen LogP contribution is 2.20. The van der Waals surface area contributed by atoms with E-state index < -0.39 is 0 Å². The van der Waals surface area contributed by atoms with Gasteiger partial charge in [0, 0.05) is 12.5 Å². The van der Waals surface area contributed by atoms with E-state index in [1.54, 1.807) is 31.2 Å². The lowest BCUT2D eigenvalue weighted by molar-refractivity contribution is 0.0978. The molecule has 1 aromatic heterocycles. The van der Waals surface area contributed by atoms with Crippen molar-refractivity contribution < 1.29 is 14.4 Å². The van der Waals surface area contributed by atoms with Crippen molar-refractivity contribution in [3.8, 4) is 5.69 Å². The van der Waals surface area contributed by atoms with Gasteiger partial charge in [-0.25, -0.2) is 4.68 Å². The first-order chi connectivity index (χ1) is 9.82. The minimum atomic E-state index is -0.259. The molecule has 1 aromatic carbocycles. The fraction of sp³-hybridized carbons (Fsp3) is 0.250. The van der Waals surface area contributed by atoms with Crippen molar-refractivity contribution in [1.29, 1.82) is 0 Å². The van der Waals surface area contributed by atoms with Crippen LogP contribution in [0.4, 0.5) is 0 Å². The average Bonchev–Trinajstić information content (AvgIpc) is 2.76. The van der Waals surface area contributed by atoms with Crippen molar-refractivity contribution in [2.45, 2.75) is 27.7 Å². The molecular weight excluding hydrogens is 268 g/mol. The van der Waals surface area contributed by atoms with Crippen LogP contribution >= 0.6 is 0 Å². The second-order valence-electron chi connectivity index (χ2n) is 4.94. The molecule has 21 heavy (non-hydrogen) atoms. The van der Waals surface area contributed by atoms with Crippen molar-refractivity contribution in [1.82, 2.24) is 9.78 Å². The lowest BCUT2D eigenvalue weighted by atomic mass is 10.1. The van der Waals surface area contributed by atoms with E-state index in [2.05, 4.69) is 5.10 Å². The summed E-state index contributed by atoms with van der Waals surface area (Å²) in [6.07, 6.45) is 0. The maximum atomic E-state index is 11.8. The van der Waals surface area contributed by atoms with Crippen LogP contribution in [-0.2, 0) is 0 Å². The van der Waals surface area contributed by atoms with Crippen LogP contribution in [0.15, 0.2) is 24.3 Å². The van der Waals surface area contributed by atoms with Gasteiger partial charge in [-0.2, -0.15) is 5.10 Å². The summed E-state index contributed by atoms with van der Waals surface area (Å²) in [6.45, 7) is 6.00. The van der Waals surface area contributed by atoms with Crippen LogP contribution in [0.5, 0.6) is 0 Å². The third-order valence-electron chi connectivity index (χ3n) is 3.30. The number of aromatic nitrogens is 2. The molecule has 0 aliphatic carbocycles. The second-order valence-corrected chi connectivity index (χ2v) is 4.94. The largest absolute Gasteiger partial charge is 0.295 e. The maximum Gasteiger partial charge on any atom is 0.180 e. The molecule has 5 nitrogen and oxygen atoms in total. The summed E-state index contributed by atoms with van der Waals surface area (Å²) in [7, 11) is 0. The van der Waals surface area contributed by atoms with E-state index in [0.717, 1.165) is 0 Å². The summed E-state index contributed by atoms with van der Waals surface area (Å²) in [5.41, 5.74) is 2.28. The standard InChI is InChI=1S/C16H16N2O3/c1-9-15(11(3)20)16(12(4)21)17-18(9)14-7-5-6-13(8-14)10(2)19/h5-8H,1-4H3. The SMILES string of the molecule is CC(=O)c1cccc(-n2nc(C(C)=O)c(C(C)=O)c2C)c1. The lowest BCUT2D eigenvalue weighted by Gasteiger charge is -2.06. The Morgan fingerprint density at radius 2 is 1.67 bits per heavy atom. The lowest BCUT2D eigenvalue weighted by Crippen LogP contribution is -2.02. The van der Waals surface area contributed by atoms with Crippen LogP contribution < -0.4 is 0 Å². The zero-order valence-electron chi connectivity index (χ0n) is 12.4. The van der Waals surface area contributed by atoms with E-state index >= 15 is 0 Å². The number of rotatable bonds is 4. The van der Waals surface area contributed by atoms with Gasteiger partial charge in [-0.3, -0.25) is 14.4 Å². The molecule has 2 aromatic rings. The number of nitrogens with zero attached hydrogens (tertiary/aromatic N) is 2. The van der Waals surface area contributed by atoms with Crippen LogP contribution in [0.3, 0.4) is 0 Å². The maximum absolute atomic E-state index is 11.8. The first kappa shape index (κ1) is 14.8. The first-order valence-electron chi connectivity index (χ1n) is 6.55. The van der Waals surface area contributed by atoms with Crippen molar-refractivity contribution in [3.05, 3.63) is 46.8 Å². The van der Waals surface area contributed by atoms with Gasteiger partial charge in [-0.05, 0) is 32.9 Å². The molecular formula is C16H16N2O3. The van der Waals surface area contributed by atoms with Gasteiger partial charge in [-0.1, -0.05) is 12.1 Å². The summed E-state index contributed by atoms with van der Waals surface area (Å²) < 4.78 is 1.53. The van der Waals surface area contributed by atoms with Crippen molar-refractivity contribution in [2.24, 2.45) is 0 Å². The zero-order valence-corrected chi connectivity index (χ0v) is 12.4. The summed E-state index contributed by atoms with van der Waals surface area (Å²) in [6, 6.07) is 6.92. The monoisotopic (exact) mass is 284 g/mol. The van der Waals surface area contributed by atoms with Crippen molar-refractivity contribution in [2.75, 3.05) is 0 Å². The number of carbonyl (C=O) groups is 3. The second kappa shape index (κ2) is 5.44. The molecule has 0 radical (unpaired) electrons. The van der Waals surface area contributed by atoms with Crippen molar-refractivity contribution >= 4 is 17.3 Å². The molecule has 0 fully saturated rings. The molecule has 2 rings (SSSR count). The van der Waals surface area contributed by atoms with E-state index in [9.17, 15) is 14.4 Å². The topological polar surface area (TPSA) is 69.0 Å². The molecule has 0 aliphatic rings. The van der Waals surface area contributed by atoms with Crippen LogP contribution in [0.25, 0.3) is 5.69 Å². The molecule has 108 valence electrons. The van der Waals surface area contributed by atoms with E-state index in [1.165, 1.54) is 25.5 Å². The number of benzene rings is 1. The van der Waals surface area contributed by atoms with Gasteiger partial charge < -0.3 is 0 Å². The minimum absolute atomic E-state index is 0.0553. The molecule has 1 heterocycles. The zero-order chi connectivity index (χ0) is 15.7. The molecule has 0 bridgehead atoms. The molecule has 0 unspecified atom stereocenters. The molecule has 0 spiro atoms. The molecule has 0 atom stereocenters. The van der Waals surface area contributed by atoms with Crippen LogP contribution in [0.2, 0.25) is 0 Å². The average molecular weight is 284 g/mol. The van der Waals surface area contributed by atoms with Gasteiger partial charge in [0.1, 0.15) is 5.69 Å². The normalized spacial score (nSPS) is 10.5. The van der Waals surface area contributed by atoms with Crippen LogP contribution in [-0.4, -0.2) is 27.1 Å². The summed E-state index contributed by atoms with van der Waals surface area (Å²) >= 11 is 0. The van der Waals surface area contributed by atoms with Gasteiger partial charge in [0.2, 0.25) is 0 Å². The van der Waals surface area contributed by atoms with Gasteiger partial charge in [0.15, 0.2) is 17.3 Å². The third kappa shape index (κ3) is 2.67. The predicted octanol–water partition coefficient (Wildman–Crippen LogP) is 2.79. The summed E-state index contributed by atoms with van der Waals surface area (Å²) in [5.74, 6) is -0.517. The predicted molar refractivity (Wildman–Crippen MR) is 78.3 cm³/mol. The van der Waals surface area contributed by atoms with Crippen molar-refractivity contribution in [3.63, 3.8) is 0 Å². The van der Waals surface area contributed by atoms with Gasteiger partial charge in [0.25, 0.3) is 0 Å². The Kier molecular flexibility index (Phi) is 3.84. The first-order valence-corrected chi connectivity index (χ1v) is 6.55. The number of Topliss-reactive ketones (excluding diaryl/α,β-unsaturated/α-hetero) is 3. The smallest absolute Gasteiger partial charge is 0.180 e. The Morgan fingerprint density at radius 3 is 2.14 bits per heavy atom. The Bertz CT molecular complexity index is 757. The molecule has 0 saturated heterocycles. The molecule has 0 aliphatic heterocycles. The molecule has 0 saturated carbocycles. The van der Waals surface area contributed by atoms with Gasteiger partial charge in [0.05, 0.1) is 16.9 Å². The molecule has 5 heteroatoms. The fourth-order valence-corrected chi connectivity index (χ4v) is 2.28. The highest BCUT2D eigenvalue weighted by molar-refractivity contribution is 6.07. The highest BCUT2D eigenvalue weighted by Gasteiger charge is 2.22. The third-order valence-corrected chi connectivity index (χ3v) is 3.30. The number of ketones is 3. The Labute approximate surface area is 122 Å². The summed E-state index contributed by atoms with van der Waals surface area (Å²) in [4.78, 5) is 34.9. The Morgan fingerprint density at radius 1 is 1.00 bits per heavy atom. The quantitative estimate of drug-likeness (QED) is 0.809. The van der Waals surface area contributed by atoms with E-state index in [0.29, 0.717) is 22.5 Å². The highest BCUT2D eigenvalue weighted by atomic mass is 16.1. The number of carbonyl (C=O) groups excluding carboxylic acids is 3. The van der Waals surface area contributed by atoms with Crippen LogP contribution in [0, 0.1) is 6.92 Å².